The smallest absolute Gasteiger partial charge is 0.244 e. The van der Waals surface area contributed by atoms with Gasteiger partial charge in [0, 0.05) is 31.2 Å². The number of nitrogens with one attached hydrogen (secondary N) is 1. The number of ether oxygens (including phenoxy) is 3. The van der Waals surface area contributed by atoms with Crippen LogP contribution in [0.4, 0.5) is 0 Å². The van der Waals surface area contributed by atoms with Gasteiger partial charge in [-0.05, 0) is 37.6 Å². The van der Waals surface area contributed by atoms with Gasteiger partial charge < -0.3 is 19.5 Å². The maximum Gasteiger partial charge on any atom is 0.244 e. The first kappa shape index (κ1) is 19.0. The summed E-state index contributed by atoms with van der Waals surface area (Å²) < 4.78 is 16.4. The fraction of sp³-hybridized carbons (Fsp3) is 0.526. The SMILES string of the molecule is CC(C)(CNC(=O)/C=C/c1cc(Cl)c2c(c1)OCCO2)N1CCOCC1. The van der Waals surface area contributed by atoms with E-state index < -0.39 is 0 Å². The van der Waals surface area contributed by atoms with Gasteiger partial charge in [0.2, 0.25) is 5.91 Å². The van der Waals surface area contributed by atoms with E-state index in [0.29, 0.717) is 36.3 Å². The number of halogens is 1. The van der Waals surface area contributed by atoms with Crippen molar-refractivity contribution in [3.63, 3.8) is 0 Å². The summed E-state index contributed by atoms with van der Waals surface area (Å²) in [5.41, 5.74) is 0.676. The zero-order valence-electron chi connectivity index (χ0n) is 15.2. The van der Waals surface area contributed by atoms with Crippen LogP contribution < -0.4 is 14.8 Å². The summed E-state index contributed by atoms with van der Waals surface area (Å²) in [6.07, 6.45) is 3.23. The number of carbonyl (C=O) groups excluding carboxylic acids is 1. The molecule has 0 aliphatic carbocycles. The van der Waals surface area contributed by atoms with E-state index in [0.717, 1.165) is 31.9 Å². The minimum absolute atomic E-state index is 0.117. The maximum absolute atomic E-state index is 12.2. The van der Waals surface area contributed by atoms with Crippen LogP contribution in [-0.4, -0.2) is 62.4 Å². The van der Waals surface area contributed by atoms with Crippen LogP contribution >= 0.6 is 11.6 Å². The van der Waals surface area contributed by atoms with Crippen molar-refractivity contribution in [2.75, 3.05) is 46.1 Å². The van der Waals surface area contributed by atoms with Crippen molar-refractivity contribution >= 4 is 23.6 Å². The minimum Gasteiger partial charge on any atom is -0.486 e. The average Bonchev–Trinajstić information content (AvgIpc) is 2.65. The molecule has 0 atom stereocenters. The van der Waals surface area contributed by atoms with Crippen LogP contribution in [0.15, 0.2) is 18.2 Å². The molecule has 7 heteroatoms. The Morgan fingerprint density at radius 2 is 1.96 bits per heavy atom. The third kappa shape index (κ3) is 4.69. The molecule has 0 bridgehead atoms. The summed E-state index contributed by atoms with van der Waals surface area (Å²) in [7, 11) is 0. The molecular weight excluding hydrogens is 356 g/mol. The highest BCUT2D eigenvalue weighted by Gasteiger charge is 2.28. The van der Waals surface area contributed by atoms with Crippen molar-refractivity contribution in [1.29, 1.82) is 0 Å². The maximum atomic E-state index is 12.2. The number of morpholine rings is 1. The Bertz CT molecular complexity index is 684. The molecule has 2 aliphatic heterocycles. The topological polar surface area (TPSA) is 60.0 Å². The number of nitrogens with zero attached hydrogens (tertiary/aromatic N) is 1. The molecule has 1 N–H and O–H groups in total. The number of amides is 1. The largest absolute Gasteiger partial charge is 0.486 e. The van der Waals surface area contributed by atoms with Gasteiger partial charge in [-0.15, -0.1) is 0 Å². The molecule has 2 heterocycles. The summed E-state index contributed by atoms with van der Waals surface area (Å²) in [6.45, 7) is 9.05. The second-order valence-electron chi connectivity index (χ2n) is 6.99. The molecule has 0 spiro atoms. The Morgan fingerprint density at radius 3 is 2.73 bits per heavy atom. The fourth-order valence-corrected chi connectivity index (χ4v) is 3.32. The van der Waals surface area contributed by atoms with Crippen molar-refractivity contribution in [2.24, 2.45) is 0 Å². The molecule has 0 radical (unpaired) electrons. The molecule has 6 nitrogen and oxygen atoms in total. The molecule has 26 heavy (non-hydrogen) atoms. The molecular formula is C19H25ClN2O4. The van der Waals surface area contributed by atoms with Crippen LogP contribution in [0.5, 0.6) is 11.5 Å². The Morgan fingerprint density at radius 1 is 1.23 bits per heavy atom. The number of carbonyl (C=O) groups is 1. The fourth-order valence-electron chi connectivity index (χ4n) is 3.04. The molecule has 0 saturated carbocycles. The second-order valence-corrected chi connectivity index (χ2v) is 7.40. The number of benzene rings is 1. The van der Waals surface area contributed by atoms with Gasteiger partial charge in [0.05, 0.1) is 18.2 Å². The van der Waals surface area contributed by atoms with E-state index in [4.69, 9.17) is 25.8 Å². The van der Waals surface area contributed by atoms with Crippen LogP contribution in [0.2, 0.25) is 5.02 Å². The first-order valence-electron chi connectivity index (χ1n) is 8.83. The first-order valence-corrected chi connectivity index (χ1v) is 9.21. The Kier molecular flexibility index (Phi) is 6.06. The molecule has 0 aromatic heterocycles. The summed E-state index contributed by atoms with van der Waals surface area (Å²) in [6, 6.07) is 3.58. The van der Waals surface area contributed by atoms with Crippen molar-refractivity contribution in [2.45, 2.75) is 19.4 Å². The van der Waals surface area contributed by atoms with E-state index in [1.54, 1.807) is 12.1 Å². The van der Waals surface area contributed by atoms with Crippen molar-refractivity contribution in [1.82, 2.24) is 10.2 Å². The third-order valence-electron chi connectivity index (χ3n) is 4.61. The van der Waals surface area contributed by atoms with Crippen molar-refractivity contribution in [3.05, 3.63) is 28.8 Å². The van der Waals surface area contributed by atoms with E-state index in [-0.39, 0.29) is 11.4 Å². The van der Waals surface area contributed by atoms with Crippen molar-refractivity contribution < 1.29 is 19.0 Å². The van der Waals surface area contributed by atoms with Crippen LogP contribution in [0.1, 0.15) is 19.4 Å². The Hall–Kier alpha value is -1.76. The van der Waals surface area contributed by atoms with E-state index in [2.05, 4.69) is 24.1 Å². The molecule has 2 aliphatic rings. The number of hydrogen-bond acceptors (Lipinski definition) is 5. The summed E-state index contributed by atoms with van der Waals surface area (Å²) >= 11 is 6.21. The average molecular weight is 381 g/mol. The van der Waals surface area contributed by atoms with Crippen LogP contribution in [0.25, 0.3) is 6.08 Å². The highest BCUT2D eigenvalue weighted by molar-refractivity contribution is 6.32. The Balaban J connectivity index is 1.57. The van der Waals surface area contributed by atoms with Gasteiger partial charge in [-0.1, -0.05) is 11.6 Å². The number of hydrogen-bond donors (Lipinski definition) is 1. The lowest BCUT2D eigenvalue weighted by molar-refractivity contribution is -0.117. The highest BCUT2D eigenvalue weighted by Crippen LogP contribution is 2.38. The van der Waals surface area contributed by atoms with E-state index in [1.165, 1.54) is 6.08 Å². The van der Waals surface area contributed by atoms with Gasteiger partial charge >= 0.3 is 0 Å². The summed E-state index contributed by atoms with van der Waals surface area (Å²) in [5, 5.41) is 3.45. The normalized spacial score (nSPS) is 18.1. The van der Waals surface area contributed by atoms with Gasteiger partial charge in [-0.25, -0.2) is 0 Å². The molecule has 1 fully saturated rings. The minimum atomic E-state index is -0.141. The van der Waals surface area contributed by atoms with Gasteiger partial charge in [-0.2, -0.15) is 0 Å². The van der Waals surface area contributed by atoms with Gasteiger partial charge in [0.15, 0.2) is 11.5 Å². The second kappa shape index (κ2) is 8.29. The van der Waals surface area contributed by atoms with Crippen molar-refractivity contribution in [3.8, 4) is 11.5 Å². The predicted octanol–water partition coefficient (Wildman–Crippen LogP) is 2.35. The quantitative estimate of drug-likeness (QED) is 0.794. The molecule has 142 valence electrons. The van der Waals surface area contributed by atoms with Gasteiger partial charge in [-0.3, -0.25) is 9.69 Å². The van der Waals surface area contributed by atoms with E-state index in [1.807, 2.05) is 6.07 Å². The first-order chi connectivity index (χ1) is 12.5. The molecule has 1 amide bonds. The number of rotatable bonds is 5. The lowest BCUT2D eigenvalue weighted by Crippen LogP contribution is -2.55. The van der Waals surface area contributed by atoms with Crippen LogP contribution in [0.3, 0.4) is 0 Å². The zero-order chi connectivity index (χ0) is 18.6. The van der Waals surface area contributed by atoms with Crippen LogP contribution in [0, 0.1) is 0 Å². The standard InChI is InChI=1S/C19H25ClN2O4/c1-19(2,22-5-7-24-8-6-22)13-21-17(23)4-3-14-11-15(20)18-16(12-14)25-9-10-26-18/h3-4,11-12H,5-10,13H2,1-2H3,(H,21,23)/b4-3+. The zero-order valence-corrected chi connectivity index (χ0v) is 16.0. The summed E-state index contributed by atoms with van der Waals surface area (Å²) in [4.78, 5) is 14.5. The highest BCUT2D eigenvalue weighted by atomic mass is 35.5. The monoisotopic (exact) mass is 380 g/mol. The molecule has 0 unspecified atom stereocenters. The third-order valence-corrected chi connectivity index (χ3v) is 4.89. The number of fused-ring (bicyclic) bond motifs is 1. The molecule has 1 aromatic rings. The van der Waals surface area contributed by atoms with E-state index >= 15 is 0 Å². The van der Waals surface area contributed by atoms with Gasteiger partial charge in [0.25, 0.3) is 0 Å². The lowest BCUT2D eigenvalue weighted by atomic mass is 10.0. The van der Waals surface area contributed by atoms with E-state index in [9.17, 15) is 4.79 Å². The molecule has 1 aromatic carbocycles. The predicted molar refractivity (Wildman–Crippen MR) is 101 cm³/mol. The lowest BCUT2D eigenvalue weighted by Gasteiger charge is -2.40. The van der Waals surface area contributed by atoms with Crippen LogP contribution in [-0.2, 0) is 9.53 Å². The summed E-state index contributed by atoms with van der Waals surface area (Å²) in [5.74, 6) is 1.03. The molecule has 3 rings (SSSR count). The van der Waals surface area contributed by atoms with Gasteiger partial charge in [0.1, 0.15) is 13.2 Å². The molecule has 1 saturated heterocycles. The Labute approximate surface area is 159 Å².